The fourth-order valence-electron chi connectivity index (χ4n) is 1.90. The molecule has 1 atom stereocenters. The van der Waals surface area contributed by atoms with Gasteiger partial charge in [-0.15, -0.1) is 0 Å². The van der Waals surface area contributed by atoms with Crippen LogP contribution in [-0.4, -0.2) is 41.9 Å². The molecule has 0 aliphatic heterocycles. The summed E-state index contributed by atoms with van der Waals surface area (Å²) in [6, 6.07) is 11.3. The van der Waals surface area contributed by atoms with Crippen LogP contribution in [0.3, 0.4) is 0 Å². The van der Waals surface area contributed by atoms with Crippen molar-refractivity contribution >= 4 is 5.96 Å². The van der Waals surface area contributed by atoms with Crippen LogP contribution < -0.4 is 15.8 Å². The second kappa shape index (κ2) is 9.46. The van der Waals surface area contributed by atoms with E-state index >= 15 is 0 Å². The predicted molar refractivity (Wildman–Crippen MR) is 90.3 cm³/mol. The summed E-state index contributed by atoms with van der Waals surface area (Å²) in [4.78, 5) is 8.26. The molecule has 2 rings (SSSR count). The number of aliphatic hydroxyl groups excluding tert-OH is 1. The summed E-state index contributed by atoms with van der Waals surface area (Å²) < 4.78 is 18.1. The molecular weight excluding hydrogens is 311 g/mol. The summed E-state index contributed by atoms with van der Waals surface area (Å²) in [5.74, 6) is 0.407. The summed E-state index contributed by atoms with van der Waals surface area (Å²) in [5.41, 5.74) is 6.70. The Balaban J connectivity index is 1.64. The van der Waals surface area contributed by atoms with Gasteiger partial charge in [0.2, 0.25) is 0 Å². The quantitative estimate of drug-likeness (QED) is 0.497. The molecule has 6 nitrogen and oxygen atoms in total. The van der Waals surface area contributed by atoms with Crippen LogP contribution in [0.1, 0.15) is 5.69 Å². The summed E-state index contributed by atoms with van der Waals surface area (Å²) in [7, 11) is 0. The summed E-state index contributed by atoms with van der Waals surface area (Å²) in [5, 5.41) is 12.8. The van der Waals surface area contributed by atoms with E-state index in [1.807, 2.05) is 18.2 Å². The second-order valence-electron chi connectivity index (χ2n) is 5.14. The molecule has 1 aromatic carbocycles. The van der Waals surface area contributed by atoms with Gasteiger partial charge in [0.15, 0.2) is 5.96 Å². The number of nitrogens with two attached hydrogens (primary N) is 1. The van der Waals surface area contributed by atoms with E-state index in [-0.39, 0.29) is 24.9 Å². The van der Waals surface area contributed by atoms with E-state index in [4.69, 9.17) is 10.5 Å². The molecule has 0 saturated carbocycles. The molecular formula is C17H21FN4O2. The van der Waals surface area contributed by atoms with E-state index in [1.165, 1.54) is 24.3 Å². The number of guanidine groups is 1. The van der Waals surface area contributed by atoms with Crippen molar-refractivity contribution in [2.45, 2.75) is 12.5 Å². The number of ether oxygens (including phenoxy) is 1. The topological polar surface area (TPSA) is 92.8 Å². The number of rotatable bonds is 8. The van der Waals surface area contributed by atoms with Crippen LogP contribution in [0.5, 0.6) is 5.75 Å². The van der Waals surface area contributed by atoms with Gasteiger partial charge in [-0.05, 0) is 36.4 Å². The van der Waals surface area contributed by atoms with Gasteiger partial charge in [0.1, 0.15) is 24.3 Å². The van der Waals surface area contributed by atoms with Crippen LogP contribution in [0.15, 0.2) is 53.7 Å². The molecule has 24 heavy (non-hydrogen) atoms. The Labute approximate surface area is 140 Å². The molecule has 0 saturated heterocycles. The zero-order valence-electron chi connectivity index (χ0n) is 13.2. The van der Waals surface area contributed by atoms with Crippen molar-refractivity contribution in [1.82, 2.24) is 10.3 Å². The van der Waals surface area contributed by atoms with Gasteiger partial charge in [-0.25, -0.2) is 4.39 Å². The smallest absolute Gasteiger partial charge is 0.188 e. The highest BCUT2D eigenvalue weighted by Gasteiger charge is 2.05. The van der Waals surface area contributed by atoms with Crippen LogP contribution in [0.2, 0.25) is 0 Å². The maximum Gasteiger partial charge on any atom is 0.188 e. The van der Waals surface area contributed by atoms with Gasteiger partial charge >= 0.3 is 0 Å². The number of aliphatic hydroxyl groups is 1. The first-order valence-electron chi connectivity index (χ1n) is 7.63. The van der Waals surface area contributed by atoms with Gasteiger partial charge in [-0.2, -0.15) is 0 Å². The lowest BCUT2D eigenvalue weighted by molar-refractivity contribution is 0.114. The molecule has 0 fully saturated rings. The minimum Gasteiger partial charge on any atom is -0.491 e. The monoisotopic (exact) mass is 332 g/mol. The minimum atomic E-state index is -0.800. The maximum absolute atomic E-state index is 12.8. The fourth-order valence-corrected chi connectivity index (χ4v) is 1.90. The van der Waals surface area contributed by atoms with Crippen LogP contribution in [0, 0.1) is 5.82 Å². The Hall–Kier alpha value is -2.67. The molecule has 7 heteroatoms. The van der Waals surface area contributed by atoms with Gasteiger partial charge in [0.05, 0.1) is 6.54 Å². The number of nitrogens with one attached hydrogen (secondary N) is 1. The molecule has 1 heterocycles. The third-order valence-electron chi connectivity index (χ3n) is 3.14. The van der Waals surface area contributed by atoms with Crippen molar-refractivity contribution in [1.29, 1.82) is 0 Å². The molecule has 4 N–H and O–H groups in total. The molecule has 1 aromatic heterocycles. The van der Waals surface area contributed by atoms with Crippen LogP contribution in [-0.2, 0) is 6.42 Å². The zero-order valence-corrected chi connectivity index (χ0v) is 13.2. The van der Waals surface area contributed by atoms with Crippen LogP contribution in [0.4, 0.5) is 4.39 Å². The molecule has 2 aromatic rings. The first-order valence-corrected chi connectivity index (χ1v) is 7.63. The van der Waals surface area contributed by atoms with Crippen molar-refractivity contribution in [3.63, 3.8) is 0 Å². The molecule has 1 unspecified atom stereocenters. The van der Waals surface area contributed by atoms with Crippen molar-refractivity contribution in [2.24, 2.45) is 10.7 Å². The largest absolute Gasteiger partial charge is 0.491 e. The average Bonchev–Trinajstić information content (AvgIpc) is 2.60. The standard InChI is InChI=1S/C17H21FN4O2/c18-13-4-6-16(7-5-13)24-12-15(23)11-22-17(19)21-10-8-14-3-1-2-9-20-14/h1-7,9,15,23H,8,10-12H2,(H3,19,21,22). The highest BCUT2D eigenvalue weighted by atomic mass is 19.1. The normalized spacial score (nSPS) is 12.7. The van der Waals surface area contributed by atoms with E-state index in [9.17, 15) is 9.50 Å². The molecule has 0 bridgehead atoms. The summed E-state index contributed by atoms with van der Waals surface area (Å²) in [6.07, 6.45) is 1.67. The van der Waals surface area contributed by atoms with Gasteiger partial charge in [0.25, 0.3) is 0 Å². The first-order chi connectivity index (χ1) is 11.6. The zero-order chi connectivity index (χ0) is 17.2. The third kappa shape index (κ3) is 6.62. The molecule has 0 aliphatic rings. The van der Waals surface area contributed by atoms with E-state index in [0.717, 1.165) is 12.1 Å². The predicted octanol–water partition coefficient (Wildman–Crippen LogP) is 1.11. The number of hydrogen-bond donors (Lipinski definition) is 3. The van der Waals surface area contributed by atoms with E-state index < -0.39 is 6.10 Å². The Morgan fingerprint density at radius 2 is 2.08 bits per heavy atom. The average molecular weight is 332 g/mol. The number of aromatic nitrogens is 1. The van der Waals surface area contributed by atoms with Crippen molar-refractivity contribution in [2.75, 3.05) is 19.7 Å². The number of nitrogens with zero attached hydrogens (tertiary/aromatic N) is 2. The van der Waals surface area contributed by atoms with Crippen molar-refractivity contribution in [3.05, 3.63) is 60.2 Å². The van der Waals surface area contributed by atoms with Crippen LogP contribution in [0.25, 0.3) is 0 Å². The maximum atomic E-state index is 12.8. The van der Waals surface area contributed by atoms with Crippen LogP contribution >= 0.6 is 0 Å². The second-order valence-corrected chi connectivity index (χ2v) is 5.14. The lowest BCUT2D eigenvalue weighted by Gasteiger charge is -2.11. The third-order valence-corrected chi connectivity index (χ3v) is 3.14. The molecule has 0 amide bonds. The Morgan fingerprint density at radius 1 is 1.29 bits per heavy atom. The lowest BCUT2D eigenvalue weighted by atomic mass is 10.3. The molecule has 128 valence electrons. The molecule has 0 spiro atoms. The number of aliphatic imine (C=N–C) groups is 1. The van der Waals surface area contributed by atoms with E-state index in [1.54, 1.807) is 6.20 Å². The summed E-state index contributed by atoms with van der Waals surface area (Å²) >= 11 is 0. The molecule has 0 aliphatic carbocycles. The lowest BCUT2D eigenvalue weighted by Crippen LogP contribution is -2.34. The van der Waals surface area contributed by atoms with Gasteiger partial charge in [-0.3, -0.25) is 9.98 Å². The van der Waals surface area contributed by atoms with Gasteiger partial charge in [0, 0.05) is 24.9 Å². The Morgan fingerprint density at radius 3 is 2.79 bits per heavy atom. The number of halogens is 1. The van der Waals surface area contributed by atoms with Crippen molar-refractivity contribution in [3.8, 4) is 5.75 Å². The highest BCUT2D eigenvalue weighted by Crippen LogP contribution is 2.11. The minimum absolute atomic E-state index is 0.0519. The number of benzene rings is 1. The SMILES string of the molecule is NC(=NCC(O)COc1ccc(F)cc1)NCCc1ccccn1. The Kier molecular flexibility index (Phi) is 6.97. The fraction of sp³-hybridized carbons (Fsp3) is 0.294. The van der Waals surface area contributed by atoms with Gasteiger partial charge < -0.3 is 20.9 Å². The Bertz CT molecular complexity index is 635. The van der Waals surface area contributed by atoms with E-state index in [2.05, 4.69) is 15.3 Å². The number of hydrogen-bond acceptors (Lipinski definition) is 4. The first kappa shape index (κ1) is 17.7. The highest BCUT2D eigenvalue weighted by molar-refractivity contribution is 5.77. The van der Waals surface area contributed by atoms with Crippen molar-refractivity contribution < 1.29 is 14.2 Å². The number of pyridine rings is 1. The van der Waals surface area contributed by atoms with E-state index in [0.29, 0.717) is 12.3 Å². The van der Waals surface area contributed by atoms with Gasteiger partial charge in [-0.1, -0.05) is 6.07 Å². The summed E-state index contributed by atoms with van der Waals surface area (Å²) in [6.45, 7) is 0.772. The molecule has 0 radical (unpaired) electrons.